The van der Waals surface area contributed by atoms with E-state index in [2.05, 4.69) is 10.2 Å². The standard InChI is InChI=1S/C7H5N2/c1-2-4-7-6(3-1)5-8-9-7/h1-5H/q-1. The number of hydrogen-bond acceptors (Lipinski definition) is 1. The average molecular weight is 117 g/mol. The van der Waals surface area contributed by atoms with Crippen molar-refractivity contribution >= 4 is 10.9 Å². The maximum atomic E-state index is 3.87. The molecule has 0 N–H and O–H groups in total. The SMILES string of the molecule is c1ccc2n[n-]cc2c1. The zero-order chi connectivity index (χ0) is 6.10. The van der Waals surface area contributed by atoms with Crippen LogP contribution >= 0.6 is 0 Å². The molecule has 44 valence electrons. The second-order valence-corrected chi connectivity index (χ2v) is 1.90. The first-order chi connectivity index (χ1) is 4.47. The molecule has 0 amide bonds. The van der Waals surface area contributed by atoms with Crippen molar-refractivity contribution in [1.82, 2.24) is 10.2 Å². The van der Waals surface area contributed by atoms with Gasteiger partial charge >= 0.3 is 0 Å². The molecule has 1 aromatic carbocycles. The molecule has 0 aliphatic carbocycles. The summed E-state index contributed by atoms with van der Waals surface area (Å²) in [5.74, 6) is 0. The second-order valence-electron chi connectivity index (χ2n) is 1.90. The minimum Gasteiger partial charge on any atom is -0.581 e. The van der Waals surface area contributed by atoms with E-state index in [1.54, 1.807) is 6.20 Å². The maximum absolute atomic E-state index is 3.87. The Labute approximate surface area is 52.5 Å². The van der Waals surface area contributed by atoms with Gasteiger partial charge in [-0.1, -0.05) is 18.2 Å². The summed E-state index contributed by atoms with van der Waals surface area (Å²) in [7, 11) is 0. The van der Waals surface area contributed by atoms with Crippen LogP contribution in [0.5, 0.6) is 0 Å². The predicted molar refractivity (Wildman–Crippen MR) is 35.1 cm³/mol. The van der Waals surface area contributed by atoms with Gasteiger partial charge in [-0.25, -0.2) is 0 Å². The van der Waals surface area contributed by atoms with E-state index in [-0.39, 0.29) is 0 Å². The Morgan fingerprint density at radius 2 is 2.11 bits per heavy atom. The molecule has 0 radical (unpaired) electrons. The van der Waals surface area contributed by atoms with E-state index in [9.17, 15) is 0 Å². The highest BCUT2D eigenvalue weighted by Crippen LogP contribution is 2.06. The van der Waals surface area contributed by atoms with Crippen LogP contribution < -0.4 is 5.10 Å². The molecule has 9 heavy (non-hydrogen) atoms. The second kappa shape index (κ2) is 1.58. The van der Waals surface area contributed by atoms with Crippen molar-refractivity contribution in [1.29, 1.82) is 0 Å². The fourth-order valence-electron chi connectivity index (χ4n) is 0.841. The summed E-state index contributed by atoms with van der Waals surface area (Å²) in [6.07, 6.45) is 1.76. The lowest BCUT2D eigenvalue weighted by Gasteiger charge is -1.84. The first-order valence-electron chi connectivity index (χ1n) is 2.80. The van der Waals surface area contributed by atoms with E-state index in [1.165, 1.54) is 0 Å². The first kappa shape index (κ1) is 4.56. The summed E-state index contributed by atoms with van der Waals surface area (Å²) < 4.78 is 0. The van der Waals surface area contributed by atoms with E-state index in [0.717, 1.165) is 10.9 Å². The molecular weight excluding hydrogens is 112 g/mol. The highest BCUT2D eigenvalue weighted by atomic mass is 15.1. The van der Waals surface area contributed by atoms with Crippen molar-refractivity contribution in [3.05, 3.63) is 30.5 Å². The number of nitrogens with zero attached hydrogens (tertiary/aromatic N) is 2. The molecular formula is C7H5N2-. The maximum Gasteiger partial charge on any atom is 0.0467 e. The van der Waals surface area contributed by atoms with Gasteiger partial charge in [-0.2, -0.15) is 6.20 Å². The van der Waals surface area contributed by atoms with Gasteiger partial charge in [-0.05, 0) is 11.5 Å². The molecule has 2 rings (SSSR count). The first-order valence-corrected chi connectivity index (χ1v) is 2.80. The Morgan fingerprint density at radius 1 is 1.22 bits per heavy atom. The smallest absolute Gasteiger partial charge is 0.0467 e. The Balaban J connectivity index is 2.95. The van der Waals surface area contributed by atoms with Crippen LogP contribution in [0.2, 0.25) is 0 Å². The third-order valence-corrected chi connectivity index (χ3v) is 1.30. The van der Waals surface area contributed by atoms with Gasteiger partial charge in [0.1, 0.15) is 0 Å². The summed E-state index contributed by atoms with van der Waals surface area (Å²) in [4.78, 5) is 0. The quantitative estimate of drug-likeness (QED) is 0.518. The molecule has 2 nitrogen and oxygen atoms in total. The fraction of sp³-hybridized carbons (Fsp3) is 0. The summed E-state index contributed by atoms with van der Waals surface area (Å²) in [5, 5.41) is 8.73. The number of aromatic nitrogens is 2. The van der Waals surface area contributed by atoms with E-state index in [0.29, 0.717) is 0 Å². The van der Waals surface area contributed by atoms with Gasteiger partial charge in [0.25, 0.3) is 0 Å². The van der Waals surface area contributed by atoms with E-state index < -0.39 is 0 Å². The molecule has 1 heterocycles. The average Bonchev–Trinajstić information content (AvgIpc) is 2.33. The molecule has 0 spiro atoms. The molecule has 0 fully saturated rings. The van der Waals surface area contributed by atoms with Gasteiger partial charge in [0.05, 0.1) is 0 Å². The number of benzene rings is 1. The lowest BCUT2D eigenvalue weighted by Crippen LogP contribution is -1.66. The van der Waals surface area contributed by atoms with Crippen LogP contribution in [-0.2, 0) is 0 Å². The van der Waals surface area contributed by atoms with Gasteiger partial charge in [-0.15, -0.1) is 0 Å². The van der Waals surface area contributed by atoms with Crippen LogP contribution in [0.3, 0.4) is 0 Å². The summed E-state index contributed by atoms with van der Waals surface area (Å²) in [6, 6.07) is 7.88. The van der Waals surface area contributed by atoms with Crippen LogP contribution in [0.4, 0.5) is 0 Å². The van der Waals surface area contributed by atoms with Crippen LogP contribution in [-0.4, -0.2) is 5.10 Å². The van der Waals surface area contributed by atoms with Crippen molar-refractivity contribution < 1.29 is 0 Å². The normalized spacial score (nSPS) is 10.2. The van der Waals surface area contributed by atoms with E-state index in [4.69, 9.17) is 0 Å². The van der Waals surface area contributed by atoms with Crippen LogP contribution in [0.25, 0.3) is 10.9 Å². The third-order valence-electron chi connectivity index (χ3n) is 1.30. The minimum atomic E-state index is 0.970. The molecule has 0 saturated carbocycles. The number of hydrogen-bond donors (Lipinski definition) is 0. The van der Waals surface area contributed by atoms with Crippen LogP contribution in [0.1, 0.15) is 0 Å². The number of fused-ring (bicyclic) bond motifs is 1. The molecule has 0 saturated heterocycles. The largest absolute Gasteiger partial charge is 0.581 e. The molecule has 2 heteroatoms. The lowest BCUT2D eigenvalue weighted by molar-refractivity contribution is 1.09. The minimum absolute atomic E-state index is 0.970. The Kier molecular flexibility index (Phi) is 0.803. The lowest BCUT2D eigenvalue weighted by atomic mass is 10.3. The van der Waals surface area contributed by atoms with Gasteiger partial charge < -0.3 is 10.2 Å². The molecule has 0 unspecified atom stereocenters. The topological polar surface area (TPSA) is 27.0 Å². The van der Waals surface area contributed by atoms with E-state index >= 15 is 0 Å². The van der Waals surface area contributed by atoms with Crippen LogP contribution in [0.15, 0.2) is 30.5 Å². The molecule has 0 aliphatic rings. The van der Waals surface area contributed by atoms with Gasteiger partial charge in [-0.3, -0.25) is 0 Å². The molecule has 1 aromatic heterocycles. The zero-order valence-electron chi connectivity index (χ0n) is 4.78. The summed E-state index contributed by atoms with van der Waals surface area (Å²) in [6.45, 7) is 0. The van der Waals surface area contributed by atoms with Crippen LogP contribution in [0, 0.1) is 0 Å². The third kappa shape index (κ3) is 0.598. The highest BCUT2D eigenvalue weighted by molar-refractivity contribution is 5.77. The predicted octanol–water partition coefficient (Wildman–Crippen LogP) is 1.19. The fourth-order valence-corrected chi connectivity index (χ4v) is 0.841. The molecule has 0 bridgehead atoms. The van der Waals surface area contributed by atoms with Crippen molar-refractivity contribution in [2.45, 2.75) is 0 Å². The van der Waals surface area contributed by atoms with Crippen molar-refractivity contribution in [2.75, 3.05) is 0 Å². The molecule has 2 aromatic rings. The van der Waals surface area contributed by atoms with Gasteiger partial charge in [0, 0.05) is 5.52 Å². The summed E-state index contributed by atoms with van der Waals surface area (Å²) in [5.41, 5.74) is 0.970. The number of rotatable bonds is 0. The molecule has 0 aliphatic heterocycles. The monoisotopic (exact) mass is 117 g/mol. The van der Waals surface area contributed by atoms with Gasteiger partial charge in [0.2, 0.25) is 0 Å². The Morgan fingerprint density at radius 3 is 3.00 bits per heavy atom. The van der Waals surface area contributed by atoms with E-state index in [1.807, 2.05) is 24.3 Å². The zero-order valence-corrected chi connectivity index (χ0v) is 4.78. The Hall–Kier alpha value is -1.31. The van der Waals surface area contributed by atoms with Crippen molar-refractivity contribution in [3.63, 3.8) is 0 Å². The van der Waals surface area contributed by atoms with Crippen molar-refractivity contribution in [2.24, 2.45) is 0 Å². The summed E-state index contributed by atoms with van der Waals surface area (Å²) >= 11 is 0. The van der Waals surface area contributed by atoms with Crippen molar-refractivity contribution in [3.8, 4) is 0 Å². The molecule has 0 atom stereocenters. The Bertz CT molecular complexity index is 281. The highest BCUT2D eigenvalue weighted by Gasteiger charge is 1.82. The van der Waals surface area contributed by atoms with Gasteiger partial charge in [0.15, 0.2) is 0 Å².